The number of halogens is 3. The van der Waals surface area contributed by atoms with E-state index in [2.05, 4.69) is 6.92 Å². The minimum Gasteiger partial charge on any atom is -0.390 e. The normalized spacial score (nSPS) is 55.9. The molecule has 2 N–H and O–H groups in total. The maximum absolute atomic E-state index is 13.3. The van der Waals surface area contributed by atoms with Crippen LogP contribution in [0.25, 0.3) is 0 Å². The predicted octanol–water partition coefficient (Wildman–Crippen LogP) is 5.42. The summed E-state index contributed by atoms with van der Waals surface area (Å²) in [6.45, 7) is 5.90. The van der Waals surface area contributed by atoms with Crippen molar-refractivity contribution in [3.63, 3.8) is 0 Å². The molecule has 0 aromatic carbocycles. The van der Waals surface area contributed by atoms with Gasteiger partial charge in [0.1, 0.15) is 0 Å². The van der Waals surface area contributed by atoms with Crippen molar-refractivity contribution in [2.45, 2.75) is 90.0 Å². The van der Waals surface area contributed by atoms with Gasteiger partial charge in [0.25, 0.3) is 0 Å². The third-order valence-electron chi connectivity index (χ3n) is 10.5. The molecule has 0 radical (unpaired) electrons. The van der Waals surface area contributed by atoms with Crippen molar-refractivity contribution < 1.29 is 23.4 Å². The van der Waals surface area contributed by atoms with E-state index in [9.17, 15) is 23.4 Å². The zero-order valence-electron chi connectivity index (χ0n) is 18.0. The van der Waals surface area contributed by atoms with Crippen LogP contribution in [0.5, 0.6) is 0 Å². The smallest absolute Gasteiger partial charge is 0.390 e. The van der Waals surface area contributed by atoms with E-state index in [0.29, 0.717) is 41.4 Å². The molecule has 5 saturated carbocycles. The molecule has 5 fully saturated rings. The lowest BCUT2D eigenvalue weighted by Crippen LogP contribution is -2.53. The molecule has 0 aromatic rings. The summed E-state index contributed by atoms with van der Waals surface area (Å²) in [6.07, 6.45) is 1.80. The maximum atomic E-state index is 13.3. The molecule has 5 aliphatic carbocycles. The second kappa shape index (κ2) is 6.37. The van der Waals surface area contributed by atoms with E-state index in [1.807, 2.05) is 6.92 Å². The molecule has 166 valence electrons. The fourth-order valence-electron chi connectivity index (χ4n) is 9.59. The first-order valence-electron chi connectivity index (χ1n) is 11.9. The fourth-order valence-corrected chi connectivity index (χ4v) is 9.59. The van der Waals surface area contributed by atoms with Crippen LogP contribution in [0.2, 0.25) is 0 Å². The Hall–Kier alpha value is -0.290. The lowest BCUT2D eigenvalue weighted by atomic mass is 9.47. The summed E-state index contributed by atoms with van der Waals surface area (Å²) < 4.78 is 39.9. The van der Waals surface area contributed by atoms with Gasteiger partial charge in [0.2, 0.25) is 0 Å². The monoisotopic (exact) mass is 414 g/mol. The van der Waals surface area contributed by atoms with Crippen LogP contribution in [0.15, 0.2) is 0 Å². The van der Waals surface area contributed by atoms with Crippen molar-refractivity contribution in [1.29, 1.82) is 0 Å². The minimum atomic E-state index is -4.52. The fraction of sp³-hybridized carbons (Fsp3) is 1.00. The number of hydrogen-bond donors (Lipinski definition) is 2. The molecule has 0 bridgehead atoms. The van der Waals surface area contributed by atoms with Gasteiger partial charge in [0, 0.05) is 0 Å². The third-order valence-corrected chi connectivity index (χ3v) is 10.5. The predicted molar refractivity (Wildman–Crippen MR) is 105 cm³/mol. The standard InChI is InChI=1S/C24H37F3O2/c1-12(21(28)24(25,26)27)19-17-10-18(17)20-16-5-4-13-11-22(2,29)8-6-14(13)15(16)7-9-23(19,20)3/h12-21,28-29H,4-11H2,1-3H3/t12-,13+,14-,15+,16+,17-,18+,19-,20+,21-,22+,23+/m0/s1. The third kappa shape index (κ3) is 3.03. The second-order valence-corrected chi connectivity index (χ2v) is 12.1. The van der Waals surface area contributed by atoms with Crippen LogP contribution >= 0.6 is 0 Å². The van der Waals surface area contributed by atoms with Gasteiger partial charge in [-0.25, -0.2) is 0 Å². The van der Waals surface area contributed by atoms with Gasteiger partial charge in [-0.15, -0.1) is 0 Å². The maximum Gasteiger partial charge on any atom is 0.414 e. The van der Waals surface area contributed by atoms with Crippen LogP contribution < -0.4 is 0 Å². The molecular formula is C24H37F3O2. The number of alkyl halides is 3. The highest BCUT2D eigenvalue weighted by Gasteiger charge is 2.71. The molecule has 0 aromatic heterocycles. The van der Waals surface area contributed by atoms with Crippen LogP contribution in [0.3, 0.4) is 0 Å². The number of aliphatic hydroxyl groups excluding tert-OH is 1. The van der Waals surface area contributed by atoms with Gasteiger partial charge >= 0.3 is 6.18 Å². The highest BCUT2D eigenvalue weighted by molar-refractivity contribution is 5.18. The highest BCUT2D eigenvalue weighted by atomic mass is 19.4. The average molecular weight is 415 g/mol. The molecular weight excluding hydrogens is 377 g/mol. The van der Waals surface area contributed by atoms with Crippen molar-refractivity contribution in [1.82, 2.24) is 0 Å². The number of hydrogen-bond acceptors (Lipinski definition) is 2. The Morgan fingerprint density at radius 1 is 0.897 bits per heavy atom. The number of aliphatic hydroxyl groups is 2. The zero-order chi connectivity index (χ0) is 20.9. The van der Waals surface area contributed by atoms with Crippen LogP contribution in [-0.4, -0.2) is 28.1 Å². The van der Waals surface area contributed by atoms with Gasteiger partial charge in [-0.05, 0) is 117 Å². The first-order valence-corrected chi connectivity index (χ1v) is 11.9. The van der Waals surface area contributed by atoms with Gasteiger partial charge in [-0.3, -0.25) is 0 Å². The Kier molecular flexibility index (Phi) is 4.53. The Balaban J connectivity index is 1.39. The van der Waals surface area contributed by atoms with E-state index < -0.39 is 23.8 Å². The van der Waals surface area contributed by atoms with Gasteiger partial charge in [0.15, 0.2) is 6.10 Å². The van der Waals surface area contributed by atoms with E-state index in [1.54, 1.807) is 6.92 Å². The summed E-state index contributed by atoms with van der Waals surface area (Å²) in [5.74, 6) is 3.49. The van der Waals surface area contributed by atoms with Crippen LogP contribution in [0, 0.1) is 58.7 Å². The van der Waals surface area contributed by atoms with E-state index in [-0.39, 0.29) is 11.3 Å². The highest BCUT2D eigenvalue weighted by Crippen LogP contribution is 2.76. The summed E-state index contributed by atoms with van der Waals surface area (Å²) >= 11 is 0. The van der Waals surface area contributed by atoms with E-state index >= 15 is 0 Å². The lowest BCUT2D eigenvalue weighted by Gasteiger charge is -2.58. The van der Waals surface area contributed by atoms with Crippen molar-refractivity contribution in [2.24, 2.45) is 58.7 Å². The summed E-state index contributed by atoms with van der Waals surface area (Å²) in [5.41, 5.74) is -0.562. The SMILES string of the molecule is C[C@@H]([C@H]1[C@H]2C[C@H]2[C@H]2[C@@H]3CC[C@@H]4C[C@](C)(O)CC[C@@H]4[C@H]3CC[C@@]21C)[C@H](O)C(F)(F)F. The summed E-state index contributed by atoms with van der Waals surface area (Å²) in [6, 6.07) is 0. The Morgan fingerprint density at radius 3 is 2.28 bits per heavy atom. The molecule has 0 unspecified atom stereocenters. The zero-order valence-corrected chi connectivity index (χ0v) is 18.0. The molecule has 5 rings (SSSR count). The van der Waals surface area contributed by atoms with Crippen molar-refractivity contribution in [3.8, 4) is 0 Å². The number of fused-ring (bicyclic) bond motifs is 7. The van der Waals surface area contributed by atoms with Crippen LogP contribution in [0.1, 0.15) is 72.1 Å². The quantitative estimate of drug-likeness (QED) is 0.633. The molecule has 5 heteroatoms. The summed E-state index contributed by atoms with van der Waals surface area (Å²) in [4.78, 5) is 0. The molecule has 0 aliphatic heterocycles. The van der Waals surface area contributed by atoms with Gasteiger partial charge < -0.3 is 10.2 Å². The molecule has 29 heavy (non-hydrogen) atoms. The van der Waals surface area contributed by atoms with Gasteiger partial charge in [0.05, 0.1) is 5.60 Å². The Labute approximate surface area is 172 Å². The first-order chi connectivity index (χ1) is 13.4. The molecule has 0 amide bonds. The van der Waals surface area contributed by atoms with Gasteiger partial charge in [-0.2, -0.15) is 13.2 Å². The summed E-state index contributed by atoms with van der Waals surface area (Å²) in [7, 11) is 0. The Morgan fingerprint density at radius 2 is 1.59 bits per heavy atom. The summed E-state index contributed by atoms with van der Waals surface area (Å²) in [5, 5.41) is 20.6. The average Bonchev–Trinajstić information content (AvgIpc) is 3.32. The molecule has 0 saturated heterocycles. The molecule has 2 nitrogen and oxygen atoms in total. The van der Waals surface area contributed by atoms with Crippen LogP contribution in [-0.2, 0) is 0 Å². The number of rotatable bonds is 2. The molecule has 0 heterocycles. The van der Waals surface area contributed by atoms with E-state index in [0.717, 1.165) is 38.5 Å². The molecule has 0 spiro atoms. The molecule has 5 aliphatic rings. The Bertz CT molecular complexity index is 661. The van der Waals surface area contributed by atoms with E-state index in [1.165, 1.54) is 12.8 Å². The topological polar surface area (TPSA) is 40.5 Å². The molecule has 12 atom stereocenters. The van der Waals surface area contributed by atoms with Gasteiger partial charge in [-0.1, -0.05) is 13.8 Å². The van der Waals surface area contributed by atoms with Crippen LogP contribution in [0.4, 0.5) is 13.2 Å². The van der Waals surface area contributed by atoms with Crippen molar-refractivity contribution >= 4 is 0 Å². The first kappa shape index (κ1) is 20.6. The van der Waals surface area contributed by atoms with Crippen molar-refractivity contribution in [2.75, 3.05) is 0 Å². The van der Waals surface area contributed by atoms with E-state index in [4.69, 9.17) is 0 Å². The minimum absolute atomic E-state index is 0.000104. The lowest BCUT2D eigenvalue weighted by molar-refractivity contribution is -0.229. The van der Waals surface area contributed by atoms with Crippen molar-refractivity contribution in [3.05, 3.63) is 0 Å². The second-order valence-electron chi connectivity index (χ2n) is 12.1. The largest absolute Gasteiger partial charge is 0.414 e.